The third-order valence-corrected chi connectivity index (χ3v) is 8.39. The predicted molar refractivity (Wildman–Crippen MR) is 152 cm³/mol. The van der Waals surface area contributed by atoms with E-state index in [2.05, 4.69) is 15.6 Å². The number of carbonyl (C=O) groups excluding carboxylic acids is 2. The Morgan fingerprint density at radius 3 is 2.60 bits per heavy atom. The summed E-state index contributed by atoms with van der Waals surface area (Å²) >= 11 is 1.16. The van der Waals surface area contributed by atoms with Crippen LogP contribution in [0.15, 0.2) is 63.4 Å². The largest absolute Gasteiger partial charge is 0.376 e. The van der Waals surface area contributed by atoms with Crippen LogP contribution < -0.4 is 21.3 Å². The minimum Gasteiger partial charge on any atom is -0.376 e. The Hall–Kier alpha value is -3.26. The number of hydrogen-bond donors (Lipinski definition) is 3. The van der Waals surface area contributed by atoms with Crippen LogP contribution in [0, 0.1) is 0 Å². The highest BCUT2D eigenvalue weighted by molar-refractivity contribution is 7.99. The van der Waals surface area contributed by atoms with Gasteiger partial charge in [0.15, 0.2) is 5.16 Å². The van der Waals surface area contributed by atoms with Crippen LogP contribution in [-0.4, -0.2) is 61.3 Å². The number of benzene rings is 2. The number of hydrogen-bond acceptors (Lipinski definition) is 8. The zero-order valence-corrected chi connectivity index (χ0v) is 23.6. The summed E-state index contributed by atoms with van der Waals surface area (Å²) < 4.78 is 29.8. The highest BCUT2D eigenvalue weighted by atomic mass is 32.2. The van der Waals surface area contributed by atoms with Crippen molar-refractivity contribution < 1.29 is 22.7 Å². The second-order valence-corrected chi connectivity index (χ2v) is 12.0. The van der Waals surface area contributed by atoms with Gasteiger partial charge in [-0.3, -0.25) is 19.0 Å². The number of carbonyl (C=O) groups is 2. The molecule has 4 rings (SSSR count). The number of aromatic nitrogens is 2. The van der Waals surface area contributed by atoms with Gasteiger partial charge in [-0.05, 0) is 55.5 Å². The molecule has 1 saturated heterocycles. The van der Waals surface area contributed by atoms with Crippen molar-refractivity contribution in [3.63, 3.8) is 0 Å². The second-order valence-electron chi connectivity index (χ2n) is 9.49. The molecule has 2 amide bonds. The van der Waals surface area contributed by atoms with Crippen LogP contribution >= 0.6 is 11.8 Å². The normalized spacial score (nSPS) is 15.3. The third kappa shape index (κ3) is 8.37. The van der Waals surface area contributed by atoms with Gasteiger partial charge in [-0.2, -0.15) is 0 Å². The standard InChI is InChI=1S/C27H33N5O6S2/c28-40(36,37)21-11-9-19(10-12-21)13-14-29-25(34)18-39-27-31-23-7-2-1-6-22(23)26(35)32(27)15-3-8-24(33)30-17-20-5-4-16-38-20/h1-2,6-7,9-12,20H,3-5,8,13-18H2,(H,29,34)(H,30,33)(H2,28,36,37)/t20-/m0/s1. The molecule has 1 aromatic heterocycles. The molecule has 2 aromatic carbocycles. The first kappa shape index (κ1) is 29.7. The van der Waals surface area contributed by atoms with E-state index in [1.165, 1.54) is 16.7 Å². The van der Waals surface area contributed by atoms with Crippen molar-refractivity contribution >= 4 is 44.5 Å². The fourth-order valence-corrected chi connectivity index (χ4v) is 5.72. The molecule has 1 aliphatic rings. The van der Waals surface area contributed by atoms with E-state index in [0.717, 1.165) is 36.8 Å². The molecule has 3 aromatic rings. The number of fused-ring (bicyclic) bond motifs is 1. The molecule has 1 aliphatic heterocycles. The van der Waals surface area contributed by atoms with Crippen LogP contribution in [0.4, 0.5) is 0 Å². The van der Waals surface area contributed by atoms with Crippen molar-refractivity contribution in [2.75, 3.05) is 25.4 Å². The topological polar surface area (TPSA) is 162 Å². The van der Waals surface area contributed by atoms with Crippen molar-refractivity contribution in [1.29, 1.82) is 0 Å². The monoisotopic (exact) mass is 587 g/mol. The average Bonchev–Trinajstić information content (AvgIpc) is 3.46. The molecule has 0 radical (unpaired) electrons. The molecular weight excluding hydrogens is 554 g/mol. The number of sulfonamides is 1. The number of para-hydroxylation sites is 1. The van der Waals surface area contributed by atoms with Gasteiger partial charge in [0.05, 0.1) is 27.7 Å². The van der Waals surface area contributed by atoms with Gasteiger partial charge in [-0.25, -0.2) is 18.5 Å². The van der Waals surface area contributed by atoms with Gasteiger partial charge in [0.25, 0.3) is 5.56 Å². The molecular formula is C27H33N5O6S2. The van der Waals surface area contributed by atoms with E-state index in [-0.39, 0.29) is 40.5 Å². The minimum absolute atomic E-state index is 0.0323. The van der Waals surface area contributed by atoms with E-state index < -0.39 is 10.0 Å². The lowest BCUT2D eigenvalue weighted by molar-refractivity contribution is -0.121. The molecule has 0 spiro atoms. The third-order valence-electron chi connectivity index (χ3n) is 6.48. The summed E-state index contributed by atoms with van der Waals surface area (Å²) in [7, 11) is -3.75. The minimum atomic E-state index is -3.75. The first-order valence-electron chi connectivity index (χ1n) is 13.1. The Morgan fingerprint density at radius 2 is 1.88 bits per heavy atom. The summed E-state index contributed by atoms with van der Waals surface area (Å²) in [6, 6.07) is 13.2. The Balaban J connectivity index is 1.31. The maximum Gasteiger partial charge on any atom is 0.262 e. The lowest BCUT2D eigenvalue weighted by Crippen LogP contribution is -2.32. The van der Waals surface area contributed by atoms with Crippen molar-refractivity contribution in [3.8, 4) is 0 Å². The molecule has 0 bridgehead atoms. The molecule has 11 nitrogen and oxygen atoms in total. The number of nitrogens with two attached hydrogens (primary N) is 1. The summed E-state index contributed by atoms with van der Waals surface area (Å²) in [4.78, 5) is 42.7. The number of thioether (sulfide) groups is 1. The fourth-order valence-electron chi connectivity index (χ4n) is 4.35. The molecule has 0 aliphatic carbocycles. The first-order valence-corrected chi connectivity index (χ1v) is 15.6. The number of amides is 2. The van der Waals surface area contributed by atoms with E-state index >= 15 is 0 Å². The zero-order valence-electron chi connectivity index (χ0n) is 22.0. The second kappa shape index (κ2) is 13.9. The van der Waals surface area contributed by atoms with Crippen molar-refractivity contribution in [2.45, 2.75) is 54.8 Å². The van der Waals surface area contributed by atoms with Crippen LogP contribution in [0.1, 0.15) is 31.2 Å². The van der Waals surface area contributed by atoms with E-state index in [1.807, 2.05) is 0 Å². The molecule has 1 fully saturated rings. The molecule has 40 heavy (non-hydrogen) atoms. The van der Waals surface area contributed by atoms with Gasteiger partial charge >= 0.3 is 0 Å². The van der Waals surface area contributed by atoms with E-state index in [0.29, 0.717) is 48.5 Å². The van der Waals surface area contributed by atoms with Gasteiger partial charge in [-0.1, -0.05) is 36.0 Å². The number of nitrogens with one attached hydrogen (secondary N) is 2. The summed E-state index contributed by atoms with van der Waals surface area (Å²) in [6.07, 6.45) is 3.24. The van der Waals surface area contributed by atoms with Crippen LogP contribution in [0.2, 0.25) is 0 Å². The van der Waals surface area contributed by atoms with Crippen LogP contribution in [0.5, 0.6) is 0 Å². The van der Waals surface area contributed by atoms with Gasteiger partial charge in [-0.15, -0.1) is 0 Å². The lowest BCUT2D eigenvalue weighted by Gasteiger charge is -2.14. The molecule has 214 valence electrons. The smallest absolute Gasteiger partial charge is 0.262 e. The number of ether oxygens (including phenoxy) is 1. The molecule has 4 N–H and O–H groups in total. The molecule has 2 heterocycles. The van der Waals surface area contributed by atoms with E-state index in [1.54, 1.807) is 36.4 Å². The molecule has 1 atom stereocenters. The fraction of sp³-hybridized carbons (Fsp3) is 0.407. The van der Waals surface area contributed by atoms with E-state index in [9.17, 15) is 22.8 Å². The highest BCUT2D eigenvalue weighted by Crippen LogP contribution is 2.18. The van der Waals surface area contributed by atoms with Crippen molar-refractivity contribution in [1.82, 2.24) is 20.2 Å². The quantitative estimate of drug-likeness (QED) is 0.200. The SMILES string of the molecule is NS(=O)(=O)c1ccc(CCNC(=O)CSc2nc3ccccc3c(=O)n2CCCC(=O)NC[C@@H]2CCCO2)cc1. The van der Waals surface area contributed by atoms with Gasteiger partial charge < -0.3 is 15.4 Å². The first-order chi connectivity index (χ1) is 19.2. The highest BCUT2D eigenvalue weighted by Gasteiger charge is 2.17. The molecule has 13 heteroatoms. The van der Waals surface area contributed by atoms with Crippen molar-refractivity contribution in [3.05, 3.63) is 64.4 Å². The van der Waals surface area contributed by atoms with Crippen molar-refractivity contribution in [2.24, 2.45) is 5.14 Å². The number of rotatable bonds is 13. The summed E-state index contributed by atoms with van der Waals surface area (Å²) in [5, 5.41) is 11.7. The Bertz CT molecular complexity index is 1500. The Morgan fingerprint density at radius 1 is 1.10 bits per heavy atom. The maximum absolute atomic E-state index is 13.2. The van der Waals surface area contributed by atoms with Gasteiger partial charge in [0.1, 0.15) is 0 Å². The van der Waals surface area contributed by atoms with Gasteiger partial charge in [0, 0.05) is 32.7 Å². The van der Waals surface area contributed by atoms with Crippen LogP contribution in [0.3, 0.4) is 0 Å². The summed E-state index contributed by atoms with van der Waals surface area (Å²) in [5.41, 5.74) is 1.19. The zero-order chi connectivity index (χ0) is 28.5. The molecule has 0 unspecified atom stereocenters. The Kier molecular flexibility index (Phi) is 10.3. The predicted octanol–water partition coefficient (Wildman–Crippen LogP) is 1.57. The maximum atomic E-state index is 13.2. The molecule has 0 saturated carbocycles. The Labute approximate surface area is 236 Å². The number of primary sulfonamides is 1. The number of nitrogens with zero attached hydrogens (tertiary/aromatic N) is 2. The average molecular weight is 588 g/mol. The lowest BCUT2D eigenvalue weighted by atomic mass is 10.1. The summed E-state index contributed by atoms with van der Waals surface area (Å²) in [6.45, 7) is 1.87. The van der Waals surface area contributed by atoms with Crippen LogP contribution in [0.25, 0.3) is 10.9 Å². The van der Waals surface area contributed by atoms with E-state index in [4.69, 9.17) is 9.88 Å². The van der Waals surface area contributed by atoms with Crippen LogP contribution in [-0.2, 0) is 37.3 Å². The van der Waals surface area contributed by atoms with Gasteiger partial charge in [0.2, 0.25) is 21.8 Å². The summed E-state index contributed by atoms with van der Waals surface area (Å²) in [5.74, 6) is -0.268.